The molecule has 17 heavy (non-hydrogen) atoms. The van der Waals surface area contributed by atoms with Crippen LogP contribution in [0.1, 0.15) is 26.7 Å². The highest BCUT2D eigenvalue weighted by atomic mass is 127. The highest BCUT2D eigenvalue weighted by Crippen LogP contribution is 1.97. The molecule has 0 saturated carbocycles. The van der Waals surface area contributed by atoms with Crippen LogP contribution in [0.4, 0.5) is 0 Å². The van der Waals surface area contributed by atoms with E-state index in [1.165, 1.54) is 0 Å². The smallest absolute Gasteiger partial charge is 0.188 e. The van der Waals surface area contributed by atoms with Crippen molar-refractivity contribution in [1.29, 1.82) is 0 Å². The van der Waals surface area contributed by atoms with Crippen LogP contribution in [0.25, 0.3) is 0 Å². The van der Waals surface area contributed by atoms with Gasteiger partial charge in [-0.15, -0.1) is 30.6 Å². The second-order valence-electron chi connectivity index (χ2n) is 4.07. The molecule has 0 rings (SSSR count). The van der Waals surface area contributed by atoms with Gasteiger partial charge < -0.3 is 15.8 Å². The molecular formula is C12H26IN3O. The van der Waals surface area contributed by atoms with Gasteiger partial charge in [0.15, 0.2) is 5.96 Å². The Morgan fingerprint density at radius 1 is 1.47 bits per heavy atom. The van der Waals surface area contributed by atoms with Crippen molar-refractivity contribution in [3.8, 4) is 0 Å². The molecule has 0 amide bonds. The molecule has 4 nitrogen and oxygen atoms in total. The van der Waals surface area contributed by atoms with Crippen LogP contribution >= 0.6 is 24.0 Å². The van der Waals surface area contributed by atoms with E-state index >= 15 is 0 Å². The van der Waals surface area contributed by atoms with E-state index in [0.29, 0.717) is 25.0 Å². The van der Waals surface area contributed by atoms with Crippen LogP contribution in [0.5, 0.6) is 0 Å². The maximum atomic E-state index is 5.67. The highest BCUT2D eigenvalue weighted by molar-refractivity contribution is 14.0. The summed E-state index contributed by atoms with van der Waals surface area (Å²) in [6, 6.07) is 0. The Labute approximate surface area is 122 Å². The minimum absolute atomic E-state index is 0. The molecule has 0 bridgehead atoms. The SMILES string of the molecule is C=CCCOCCNC(N)=NCCC(C)C.I. The third-order valence-electron chi connectivity index (χ3n) is 2.01. The second-order valence-corrected chi connectivity index (χ2v) is 4.07. The summed E-state index contributed by atoms with van der Waals surface area (Å²) in [5.41, 5.74) is 5.67. The fourth-order valence-corrected chi connectivity index (χ4v) is 1.02. The summed E-state index contributed by atoms with van der Waals surface area (Å²) >= 11 is 0. The Morgan fingerprint density at radius 2 is 2.18 bits per heavy atom. The van der Waals surface area contributed by atoms with E-state index < -0.39 is 0 Å². The van der Waals surface area contributed by atoms with Crippen molar-refractivity contribution >= 4 is 29.9 Å². The maximum Gasteiger partial charge on any atom is 0.188 e. The molecule has 5 heteroatoms. The van der Waals surface area contributed by atoms with Crippen molar-refractivity contribution in [3.63, 3.8) is 0 Å². The Balaban J connectivity index is 0. The van der Waals surface area contributed by atoms with Crippen LogP contribution in [-0.4, -0.2) is 32.3 Å². The quantitative estimate of drug-likeness (QED) is 0.219. The number of hydrogen-bond acceptors (Lipinski definition) is 2. The van der Waals surface area contributed by atoms with Gasteiger partial charge in [-0.05, 0) is 18.8 Å². The van der Waals surface area contributed by atoms with Crippen molar-refractivity contribution in [2.45, 2.75) is 26.7 Å². The number of aliphatic imine (C=N–C) groups is 1. The Hall–Kier alpha value is -0.300. The number of hydrogen-bond donors (Lipinski definition) is 2. The van der Waals surface area contributed by atoms with Gasteiger partial charge in [0, 0.05) is 13.1 Å². The zero-order chi connectivity index (χ0) is 12.2. The highest BCUT2D eigenvalue weighted by Gasteiger charge is 1.94. The van der Waals surface area contributed by atoms with Crippen molar-refractivity contribution in [2.75, 3.05) is 26.3 Å². The van der Waals surface area contributed by atoms with Gasteiger partial charge in [-0.3, -0.25) is 4.99 Å². The molecule has 0 aromatic carbocycles. The standard InChI is InChI=1S/C12H25N3O.HI/c1-4-5-9-16-10-8-15-12(13)14-7-6-11(2)3;/h4,11H,1,5-10H2,2-3H3,(H3,13,14,15);1H. The first-order chi connectivity index (χ1) is 7.66. The predicted octanol–water partition coefficient (Wildman–Crippen LogP) is 2.15. The molecule has 102 valence electrons. The Kier molecular flexibility index (Phi) is 15.4. The van der Waals surface area contributed by atoms with Gasteiger partial charge in [-0.1, -0.05) is 19.9 Å². The van der Waals surface area contributed by atoms with Crippen LogP contribution in [0.2, 0.25) is 0 Å². The third kappa shape index (κ3) is 15.7. The zero-order valence-electron chi connectivity index (χ0n) is 10.9. The van der Waals surface area contributed by atoms with Gasteiger partial charge in [0.05, 0.1) is 13.2 Å². The second kappa shape index (κ2) is 13.8. The van der Waals surface area contributed by atoms with E-state index in [0.717, 1.165) is 26.0 Å². The number of nitrogens with two attached hydrogens (primary N) is 1. The fraction of sp³-hybridized carbons (Fsp3) is 0.750. The molecule has 0 aromatic heterocycles. The lowest BCUT2D eigenvalue weighted by Gasteiger charge is -2.06. The van der Waals surface area contributed by atoms with Gasteiger partial charge >= 0.3 is 0 Å². The van der Waals surface area contributed by atoms with E-state index in [9.17, 15) is 0 Å². The molecule has 0 heterocycles. The number of rotatable bonds is 9. The summed E-state index contributed by atoms with van der Waals surface area (Å²) in [7, 11) is 0. The molecule has 0 aliphatic heterocycles. The molecule has 0 radical (unpaired) electrons. The molecule has 0 atom stereocenters. The summed E-state index contributed by atoms with van der Waals surface area (Å²) in [6.45, 7) is 10.8. The minimum Gasteiger partial charge on any atom is -0.379 e. The number of nitrogens with zero attached hydrogens (tertiary/aromatic N) is 1. The molecule has 0 aliphatic carbocycles. The Bertz CT molecular complexity index is 208. The van der Waals surface area contributed by atoms with E-state index in [4.69, 9.17) is 10.5 Å². The van der Waals surface area contributed by atoms with Crippen LogP contribution in [0, 0.1) is 5.92 Å². The van der Waals surface area contributed by atoms with E-state index in [2.05, 4.69) is 30.7 Å². The first kappa shape index (κ1) is 19.0. The topological polar surface area (TPSA) is 59.6 Å². The van der Waals surface area contributed by atoms with Crippen molar-refractivity contribution in [1.82, 2.24) is 5.32 Å². The average Bonchev–Trinajstić information content (AvgIpc) is 2.22. The lowest BCUT2D eigenvalue weighted by molar-refractivity contribution is 0.143. The van der Waals surface area contributed by atoms with Crippen LogP contribution < -0.4 is 11.1 Å². The maximum absolute atomic E-state index is 5.67. The molecule has 0 saturated heterocycles. The van der Waals surface area contributed by atoms with Crippen LogP contribution in [0.3, 0.4) is 0 Å². The molecule has 0 fully saturated rings. The number of guanidine groups is 1. The summed E-state index contributed by atoms with van der Waals surface area (Å²) in [5, 5.41) is 3.01. The molecule has 3 N–H and O–H groups in total. The van der Waals surface area contributed by atoms with Crippen molar-refractivity contribution in [2.24, 2.45) is 16.6 Å². The summed E-state index contributed by atoms with van der Waals surface area (Å²) in [5.74, 6) is 1.17. The van der Waals surface area contributed by atoms with Gasteiger partial charge in [-0.2, -0.15) is 0 Å². The van der Waals surface area contributed by atoms with Gasteiger partial charge in [0.2, 0.25) is 0 Å². The number of halogens is 1. The molecule has 0 aromatic rings. The van der Waals surface area contributed by atoms with Gasteiger partial charge in [0.25, 0.3) is 0 Å². The average molecular weight is 355 g/mol. The van der Waals surface area contributed by atoms with Crippen LogP contribution in [0.15, 0.2) is 17.6 Å². The van der Waals surface area contributed by atoms with Crippen molar-refractivity contribution < 1.29 is 4.74 Å². The molecule has 0 unspecified atom stereocenters. The minimum atomic E-state index is 0. The fourth-order valence-electron chi connectivity index (χ4n) is 1.02. The molecular weight excluding hydrogens is 329 g/mol. The first-order valence-corrected chi connectivity index (χ1v) is 5.89. The monoisotopic (exact) mass is 355 g/mol. The molecule has 0 aliphatic rings. The first-order valence-electron chi connectivity index (χ1n) is 5.89. The van der Waals surface area contributed by atoms with E-state index in [-0.39, 0.29) is 24.0 Å². The summed E-state index contributed by atoms with van der Waals surface area (Å²) in [6.07, 6.45) is 3.80. The lowest BCUT2D eigenvalue weighted by Crippen LogP contribution is -2.34. The Morgan fingerprint density at radius 3 is 2.76 bits per heavy atom. The summed E-state index contributed by atoms with van der Waals surface area (Å²) in [4.78, 5) is 4.21. The number of ether oxygens (including phenoxy) is 1. The van der Waals surface area contributed by atoms with E-state index in [1.807, 2.05) is 6.08 Å². The van der Waals surface area contributed by atoms with E-state index in [1.54, 1.807) is 0 Å². The summed E-state index contributed by atoms with van der Waals surface area (Å²) < 4.78 is 5.32. The normalized spacial score (nSPS) is 11.1. The largest absolute Gasteiger partial charge is 0.379 e. The molecule has 0 spiro atoms. The van der Waals surface area contributed by atoms with Crippen molar-refractivity contribution in [3.05, 3.63) is 12.7 Å². The van der Waals surface area contributed by atoms with Gasteiger partial charge in [0.1, 0.15) is 0 Å². The lowest BCUT2D eigenvalue weighted by atomic mass is 10.1. The van der Waals surface area contributed by atoms with Crippen LogP contribution in [-0.2, 0) is 4.74 Å². The van der Waals surface area contributed by atoms with Gasteiger partial charge in [-0.25, -0.2) is 0 Å². The number of nitrogens with one attached hydrogen (secondary N) is 1. The predicted molar refractivity (Wildman–Crippen MR) is 85.0 cm³/mol. The third-order valence-corrected chi connectivity index (χ3v) is 2.01. The zero-order valence-corrected chi connectivity index (χ0v) is 13.3.